The summed E-state index contributed by atoms with van der Waals surface area (Å²) in [7, 11) is -4.18. The van der Waals surface area contributed by atoms with Gasteiger partial charge in [0.15, 0.2) is 0 Å². The van der Waals surface area contributed by atoms with Gasteiger partial charge < -0.3 is 10.2 Å². The second-order valence-electron chi connectivity index (χ2n) is 9.50. The van der Waals surface area contributed by atoms with Crippen LogP contribution >= 0.6 is 23.2 Å². The number of anilines is 1. The number of unbranched alkanes of at least 4 members (excludes halogenated alkanes) is 1. The number of hydrogen-bond acceptors (Lipinski definition) is 4. The molecule has 0 heterocycles. The standard InChI is InChI=1S/C30H35Cl2N3O4S/c1-4-6-17-33-30(37)28(5-2)34(20-23-12-10-11-22(3)18-23)29(36)21-35(24-15-16-26(31)27(32)19-24)40(38,39)25-13-8-7-9-14-25/h7-16,18-19,28H,4-6,17,20-21H2,1-3H3,(H,33,37)/t28-/m0/s1. The van der Waals surface area contributed by atoms with E-state index < -0.39 is 28.5 Å². The van der Waals surface area contributed by atoms with Crippen molar-refractivity contribution in [3.8, 4) is 0 Å². The van der Waals surface area contributed by atoms with Crippen LogP contribution in [-0.2, 0) is 26.2 Å². The van der Waals surface area contributed by atoms with Crippen LogP contribution in [0.3, 0.4) is 0 Å². The number of carbonyl (C=O) groups is 2. The Kier molecular flexibility index (Phi) is 11.4. The lowest BCUT2D eigenvalue weighted by molar-refractivity contribution is -0.140. The molecule has 10 heteroatoms. The number of amides is 2. The maximum absolute atomic E-state index is 14.1. The van der Waals surface area contributed by atoms with E-state index in [1.165, 1.54) is 35.2 Å². The van der Waals surface area contributed by atoms with Crippen LogP contribution in [0.4, 0.5) is 5.69 Å². The Morgan fingerprint density at radius 1 is 0.925 bits per heavy atom. The molecule has 0 aliphatic heterocycles. The largest absolute Gasteiger partial charge is 0.354 e. The Hall–Kier alpha value is -3.07. The van der Waals surface area contributed by atoms with Gasteiger partial charge in [-0.25, -0.2) is 8.42 Å². The van der Waals surface area contributed by atoms with Crippen molar-refractivity contribution in [2.45, 2.75) is 57.5 Å². The van der Waals surface area contributed by atoms with Crippen molar-refractivity contribution < 1.29 is 18.0 Å². The number of benzene rings is 3. The van der Waals surface area contributed by atoms with Crippen LogP contribution in [0.5, 0.6) is 0 Å². The Morgan fingerprint density at radius 2 is 1.65 bits per heavy atom. The molecule has 0 aliphatic rings. The monoisotopic (exact) mass is 603 g/mol. The van der Waals surface area contributed by atoms with E-state index in [2.05, 4.69) is 5.32 Å². The van der Waals surface area contributed by atoms with E-state index in [1.54, 1.807) is 18.2 Å². The normalized spacial score (nSPS) is 12.0. The van der Waals surface area contributed by atoms with E-state index in [1.807, 2.05) is 45.0 Å². The predicted molar refractivity (Wildman–Crippen MR) is 161 cm³/mol. The third kappa shape index (κ3) is 7.99. The van der Waals surface area contributed by atoms with E-state index >= 15 is 0 Å². The van der Waals surface area contributed by atoms with Crippen LogP contribution in [0.1, 0.15) is 44.2 Å². The van der Waals surface area contributed by atoms with Crippen LogP contribution in [0.2, 0.25) is 10.0 Å². The Morgan fingerprint density at radius 3 is 2.27 bits per heavy atom. The molecule has 0 fully saturated rings. The highest BCUT2D eigenvalue weighted by molar-refractivity contribution is 7.92. The fraction of sp³-hybridized carbons (Fsp3) is 0.333. The predicted octanol–water partition coefficient (Wildman–Crippen LogP) is 6.22. The molecule has 3 aromatic rings. The number of rotatable bonds is 13. The average Bonchev–Trinajstić information content (AvgIpc) is 2.93. The van der Waals surface area contributed by atoms with Crippen molar-refractivity contribution in [3.05, 3.63) is 94.0 Å². The molecule has 40 heavy (non-hydrogen) atoms. The number of aryl methyl sites for hydroxylation is 1. The van der Waals surface area contributed by atoms with E-state index in [0.29, 0.717) is 13.0 Å². The summed E-state index contributed by atoms with van der Waals surface area (Å²) >= 11 is 12.4. The Bertz CT molecular complexity index is 1420. The molecule has 0 saturated carbocycles. The lowest BCUT2D eigenvalue weighted by Crippen LogP contribution is -2.52. The zero-order chi connectivity index (χ0) is 29.3. The van der Waals surface area contributed by atoms with Crippen LogP contribution in [0, 0.1) is 6.92 Å². The molecule has 0 aliphatic carbocycles. The molecule has 1 N–H and O–H groups in total. The number of halogens is 2. The van der Waals surface area contributed by atoms with Crippen LogP contribution < -0.4 is 9.62 Å². The van der Waals surface area contributed by atoms with Gasteiger partial charge in [0.25, 0.3) is 10.0 Å². The summed E-state index contributed by atoms with van der Waals surface area (Å²) in [6.45, 7) is 5.90. The topological polar surface area (TPSA) is 86.8 Å². The summed E-state index contributed by atoms with van der Waals surface area (Å²) in [6, 6.07) is 19.1. The molecule has 7 nitrogen and oxygen atoms in total. The van der Waals surface area contributed by atoms with Crippen molar-refractivity contribution in [2.24, 2.45) is 0 Å². The molecular formula is C30H35Cl2N3O4S. The van der Waals surface area contributed by atoms with Crippen molar-refractivity contribution in [1.29, 1.82) is 0 Å². The molecule has 3 aromatic carbocycles. The van der Waals surface area contributed by atoms with Gasteiger partial charge >= 0.3 is 0 Å². The summed E-state index contributed by atoms with van der Waals surface area (Å²) < 4.78 is 28.7. The third-order valence-electron chi connectivity index (χ3n) is 6.45. The first-order chi connectivity index (χ1) is 19.1. The fourth-order valence-electron chi connectivity index (χ4n) is 4.32. The number of nitrogens with one attached hydrogen (secondary N) is 1. The Balaban J connectivity index is 2.05. The van der Waals surface area contributed by atoms with E-state index in [9.17, 15) is 18.0 Å². The highest BCUT2D eigenvalue weighted by Crippen LogP contribution is 2.31. The second kappa shape index (κ2) is 14.5. The van der Waals surface area contributed by atoms with Gasteiger partial charge in [-0.2, -0.15) is 0 Å². The summed E-state index contributed by atoms with van der Waals surface area (Å²) in [5.41, 5.74) is 2.03. The number of carbonyl (C=O) groups excluding carboxylic acids is 2. The molecule has 0 radical (unpaired) electrons. The molecule has 0 aromatic heterocycles. The van der Waals surface area contributed by atoms with Gasteiger partial charge in [-0.15, -0.1) is 0 Å². The highest BCUT2D eigenvalue weighted by Gasteiger charge is 2.33. The number of nitrogens with zero attached hydrogens (tertiary/aromatic N) is 2. The quantitative estimate of drug-likeness (QED) is 0.235. The lowest BCUT2D eigenvalue weighted by atomic mass is 10.1. The molecule has 2 amide bonds. The molecule has 1 atom stereocenters. The first-order valence-corrected chi connectivity index (χ1v) is 15.4. The fourth-order valence-corrected chi connectivity index (χ4v) is 6.04. The van der Waals surface area contributed by atoms with Gasteiger partial charge in [0, 0.05) is 13.1 Å². The zero-order valence-electron chi connectivity index (χ0n) is 22.9. The molecule has 214 valence electrons. The van der Waals surface area contributed by atoms with E-state index in [0.717, 1.165) is 28.3 Å². The Labute approximate surface area is 247 Å². The van der Waals surface area contributed by atoms with E-state index in [-0.39, 0.29) is 33.1 Å². The first kappa shape index (κ1) is 31.5. The minimum absolute atomic E-state index is 0.0171. The van der Waals surface area contributed by atoms with Gasteiger partial charge in [0.1, 0.15) is 12.6 Å². The number of hydrogen-bond donors (Lipinski definition) is 1. The highest BCUT2D eigenvalue weighted by atomic mass is 35.5. The lowest BCUT2D eigenvalue weighted by Gasteiger charge is -2.33. The summed E-state index contributed by atoms with van der Waals surface area (Å²) in [5.74, 6) is -0.798. The SMILES string of the molecule is CCCCNC(=O)[C@H](CC)N(Cc1cccc(C)c1)C(=O)CN(c1ccc(Cl)c(Cl)c1)S(=O)(=O)c1ccccc1. The van der Waals surface area contributed by atoms with E-state index in [4.69, 9.17) is 23.2 Å². The minimum atomic E-state index is -4.18. The van der Waals surface area contributed by atoms with Crippen LogP contribution in [0.15, 0.2) is 77.7 Å². The van der Waals surface area contributed by atoms with Gasteiger partial charge in [0.2, 0.25) is 11.8 Å². The van der Waals surface area contributed by atoms with Crippen molar-refractivity contribution in [1.82, 2.24) is 10.2 Å². The third-order valence-corrected chi connectivity index (χ3v) is 8.98. The number of sulfonamides is 1. The first-order valence-electron chi connectivity index (χ1n) is 13.2. The molecule has 3 rings (SSSR count). The van der Waals surface area contributed by atoms with Gasteiger partial charge in [-0.3, -0.25) is 13.9 Å². The summed E-state index contributed by atoms with van der Waals surface area (Å²) in [4.78, 5) is 28.8. The van der Waals surface area contributed by atoms with Crippen molar-refractivity contribution in [3.63, 3.8) is 0 Å². The van der Waals surface area contributed by atoms with Gasteiger partial charge in [-0.1, -0.05) is 91.5 Å². The van der Waals surface area contributed by atoms with Crippen molar-refractivity contribution >= 4 is 50.7 Å². The maximum atomic E-state index is 14.1. The smallest absolute Gasteiger partial charge is 0.264 e. The van der Waals surface area contributed by atoms with Gasteiger partial charge in [0.05, 0.1) is 20.6 Å². The maximum Gasteiger partial charge on any atom is 0.264 e. The summed E-state index contributed by atoms with van der Waals surface area (Å²) in [6.07, 6.45) is 2.08. The molecule has 0 bridgehead atoms. The minimum Gasteiger partial charge on any atom is -0.354 e. The van der Waals surface area contributed by atoms with Crippen LogP contribution in [0.25, 0.3) is 0 Å². The second-order valence-corrected chi connectivity index (χ2v) is 12.2. The molecule has 0 unspecified atom stereocenters. The molecular weight excluding hydrogens is 569 g/mol. The summed E-state index contributed by atoms with van der Waals surface area (Å²) in [5, 5.41) is 3.33. The van der Waals surface area contributed by atoms with Crippen LogP contribution in [-0.4, -0.2) is 44.3 Å². The molecule has 0 saturated heterocycles. The molecule has 0 spiro atoms. The van der Waals surface area contributed by atoms with Gasteiger partial charge in [-0.05, 0) is 55.7 Å². The average molecular weight is 605 g/mol. The van der Waals surface area contributed by atoms with Crippen molar-refractivity contribution in [2.75, 3.05) is 17.4 Å². The zero-order valence-corrected chi connectivity index (χ0v) is 25.3.